The first-order valence-electron chi connectivity index (χ1n) is 9.84. The summed E-state index contributed by atoms with van der Waals surface area (Å²) in [5.74, 6) is 1.76. The number of nitrogens with one attached hydrogen (secondary N) is 2. The molecule has 1 rings (SSSR count). The summed E-state index contributed by atoms with van der Waals surface area (Å²) < 4.78 is 28.9. The van der Waals surface area contributed by atoms with Gasteiger partial charge in [0.2, 0.25) is 0 Å². The van der Waals surface area contributed by atoms with Crippen molar-refractivity contribution in [3.8, 4) is 5.75 Å². The fraction of sp³-hybridized carbons (Fsp3) is 0.667. The molecular weight excluding hydrogens is 374 g/mol. The van der Waals surface area contributed by atoms with Gasteiger partial charge in [0.1, 0.15) is 15.6 Å². The Morgan fingerprint density at radius 1 is 1.29 bits per heavy atom. The van der Waals surface area contributed by atoms with Crippen LogP contribution in [0.4, 0.5) is 0 Å². The summed E-state index contributed by atoms with van der Waals surface area (Å²) in [5, 5.41) is 6.62. The zero-order chi connectivity index (χ0) is 21.4. The molecule has 0 aliphatic rings. The maximum Gasteiger partial charge on any atom is 0.191 e. The Bertz CT molecular complexity index is 758. The van der Waals surface area contributed by atoms with E-state index in [4.69, 9.17) is 4.74 Å². The van der Waals surface area contributed by atoms with Gasteiger partial charge in [-0.25, -0.2) is 8.42 Å². The summed E-state index contributed by atoms with van der Waals surface area (Å²) >= 11 is 0. The summed E-state index contributed by atoms with van der Waals surface area (Å²) in [6, 6.07) is 6.21. The van der Waals surface area contributed by atoms with E-state index in [9.17, 15) is 8.42 Å². The second-order valence-electron chi connectivity index (χ2n) is 8.27. The monoisotopic (exact) mass is 411 g/mol. The molecule has 0 aliphatic heterocycles. The lowest BCUT2D eigenvalue weighted by molar-refractivity contribution is 0.215. The highest BCUT2D eigenvalue weighted by Gasteiger charge is 2.20. The Hall–Kier alpha value is -1.76. The summed E-state index contributed by atoms with van der Waals surface area (Å²) in [6.45, 7) is 11.6. The van der Waals surface area contributed by atoms with Gasteiger partial charge in [-0.2, -0.15) is 0 Å². The molecule has 0 saturated heterocycles. The number of aryl methyl sites for hydroxylation is 1. The van der Waals surface area contributed by atoms with E-state index in [0.29, 0.717) is 25.5 Å². The lowest BCUT2D eigenvalue weighted by Gasteiger charge is -2.26. The van der Waals surface area contributed by atoms with Crippen molar-refractivity contribution in [2.45, 2.75) is 60.1 Å². The van der Waals surface area contributed by atoms with Crippen molar-refractivity contribution < 1.29 is 13.2 Å². The molecule has 0 saturated carbocycles. The van der Waals surface area contributed by atoms with Crippen molar-refractivity contribution in [1.82, 2.24) is 10.6 Å². The number of rotatable bonds is 10. The normalized spacial score (nSPS) is 13.9. The minimum atomic E-state index is -2.96. The van der Waals surface area contributed by atoms with Gasteiger partial charge in [0, 0.05) is 32.0 Å². The summed E-state index contributed by atoms with van der Waals surface area (Å²) in [7, 11) is -1.23. The molecule has 7 heteroatoms. The van der Waals surface area contributed by atoms with Crippen LogP contribution in [0, 0.1) is 12.3 Å². The quantitative estimate of drug-likeness (QED) is 0.456. The van der Waals surface area contributed by atoms with Crippen LogP contribution in [0.5, 0.6) is 5.75 Å². The molecule has 28 heavy (non-hydrogen) atoms. The predicted molar refractivity (Wildman–Crippen MR) is 118 cm³/mol. The first-order chi connectivity index (χ1) is 13.0. The van der Waals surface area contributed by atoms with Crippen molar-refractivity contribution in [1.29, 1.82) is 0 Å². The second-order valence-corrected chi connectivity index (χ2v) is 10.5. The fourth-order valence-corrected chi connectivity index (χ4v) is 3.41. The van der Waals surface area contributed by atoms with E-state index >= 15 is 0 Å². The molecular formula is C21H37N3O3S. The number of benzene rings is 1. The summed E-state index contributed by atoms with van der Waals surface area (Å²) in [6.07, 6.45) is 2.99. The summed E-state index contributed by atoms with van der Waals surface area (Å²) in [5.41, 5.74) is 2.08. The highest BCUT2D eigenvalue weighted by Crippen LogP contribution is 2.22. The van der Waals surface area contributed by atoms with Crippen molar-refractivity contribution in [3.63, 3.8) is 0 Å². The van der Waals surface area contributed by atoms with Gasteiger partial charge < -0.3 is 15.4 Å². The maximum atomic E-state index is 11.4. The largest absolute Gasteiger partial charge is 0.490 e. The molecule has 0 radical (unpaired) electrons. The third kappa shape index (κ3) is 9.44. The number of hydrogen-bond donors (Lipinski definition) is 2. The van der Waals surface area contributed by atoms with E-state index in [2.05, 4.69) is 68.4 Å². The number of guanidine groups is 1. The molecule has 1 aromatic carbocycles. The molecule has 0 amide bonds. The van der Waals surface area contributed by atoms with Crippen molar-refractivity contribution >= 4 is 15.8 Å². The average Bonchev–Trinajstić information content (AvgIpc) is 2.61. The predicted octanol–water partition coefficient (Wildman–Crippen LogP) is 3.30. The Labute approximate surface area is 171 Å². The van der Waals surface area contributed by atoms with Gasteiger partial charge in [0.05, 0.1) is 11.9 Å². The maximum absolute atomic E-state index is 11.4. The third-order valence-corrected chi connectivity index (χ3v) is 5.63. The van der Waals surface area contributed by atoms with Gasteiger partial charge in [-0.1, -0.05) is 32.9 Å². The second kappa shape index (κ2) is 10.7. The lowest BCUT2D eigenvalue weighted by atomic mass is 9.90. The van der Waals surface area contributed by atoms with E-state index < -0.39 is 9.84 Å². The highest BCUT2D eigenvalue weighted by molar-refractivity contribution is 7.90. The molecule has 6 nitrogen and oxygen atoms in total. The molecule has 0 heterocycles. The smallest absolute Gasteiger partial charge is 0.191 e. The van der Waals surface area contributed by atoms with Crippen LogP contribution in [0.1, 0.15) is 51.7 Å². The van der Waals surface area contributed by atoms with Crippen LogP contribution in [0.2, 0.25) is 0 Å². The lowest BCUT2D eigenvalue weighted by Crippen LogP contribution is -2.42. The Morgan fingerprint density at radius 3 is 2.54 bits per heavy atom. The topological polar surface area (TPSA) is 79.8 Å². The Morgan fingerprint density at radius 2 is 1.96 bits per heavy atom. The molecule has 0 aliphatic carbocycles. The molecule has 0 fully saturated rings. The SMILES string of the molecule is CCC(C)Oc1cc(C)ccc1CNC(=NC)NCC(C)(C)CCS(C)(=O)=O. The number of sulfone groups is 1. The molecule has 2 N–H and O–H groups in total. The Balaban J connectivity index is 2.67. The molecule has 1 unspecified atom stereocenters. The zero-order valence-corrected chi connectivity index (χ0v) is 19.2. The molecule has 0 aromatic heterocycles. The zero-order valence-electron chi connectivity index (χ0n) is 18.4. The van der Waals surface area contributed by atoms with E-state index in [0.717, 1.165) is 23.3 Å². The van der Waals surface area contributed by atoms with E-state index in [1.807, 2.05) is 0 Å². The average molecular weight is 412 g/mol. The molecule has 0 bridgehead atoms. The van der Waals surface area contributed by atoms with Crippen LogP contribution >= 0.6 is 0 Å². The fourth-order valence-electron chi connectivity index (χ4n) is 2.49. The van der Waals surface area contributed by atoms with Gasteiger partial charge in [-0.15, -0.1) is 0 Å². The number of ether oxygens (including phenoxy) is 1. The van der Waals surface area contributed by atoms with Gasteiger partial charge in [0.25, 0.3) is 0 Å². The minimum Gasteiger partial charge on any atom is -0.490 e. The minimum absolute atomic E-state index is 0.157. The van der Waals surface area contributed by atoms with Crippen LogP contribution in [-0.2, 0) is 16.4 Å². The van der Waals surface area contributed by atoms with Crippen LogP contribution in [0.15, 0.2) is 23.2 Å². The van der Waals surface area contributed by atoms with Gasteiger partial charge >= 0.3 is 0 Å². The number of nitrogens with zero attached hydrogens (tertiary/aromatic N) is 1. The molecule has 1 aromatic rings. The van der Waals surface area contributed by atoms with E-state index in [1.54, 1.807) is 7.05 Å². The van der Waals surface area contributed by atoms with Crippen LogP contribution in [-0.4, -0.2) is 46.1 Å². The summed E-state index contributed by atoms with van der Waals surface area (Å²) in [4.78, 5) is 4.27. The van der Waals surface area contributed by atoms with Crippen molar-refractivity contribution in [2.24, 2.45) is 10.4 Å². The first-order valence-corrected chi connectivity index (χ1v) is 11.9. The first kappa shape index (κ1) is 24.3. The highest BCUT2D eigenvalue weighted by atomic mass is 32.2. The van der Waals surface area contributed by atoms with Crippen molar-refractivity contribution in [3.05, 3.63) is 29.3 Å². The molecule has 1 atom stereocenters. The van der Waals surface area contributed by atoms with Gasteiger partial charge in [-0.3, -0.25) is 4.99 Å². The molecule has 160 valence electrons. The van der Waals surface area contributed by atoms with Gasteiger partial charge in [0.15, 0.2) is 5.96 Å². The van der Waals surface area contributed by atoms with E-state index in [1.165, 1.54) is 6.26 Å². The number of aliphatic imine (C=N–C) groups is 1. The standard InChI is InChI=1S/C21H37N3O3S/c1-8-17(3)27-19-13-16(2)9-10-18(19)14-23-20(22-6)24-15-21(4,5)11-12-28(7,25)26/h9-10,13,17H,8,11-12,14-15H2,1-7H3,(H2,22,23,24). The van der Waals surface area contributed by atoms with Crippen LogP contribution in [0.25, 0.3) is 0 Å². The van der Waals surface area contributed by atoms with E-state index in [-0.39, 0.29) is 17.3 Å². The van der Waals surface area contributed by atoms with Crippen molar-refractivity contribution in [2.75, 3.05) is 25.6 Å². The van der Waals surface area contributed by atoms with Crippen LogP contribution < -0.4 is 15.4 Å². The third-order valence-electron chi connectivity index (χ3n) is 4.68. The Kier molecular flexibility index (Phi) is 9.27. The van der Waals surface area contributed by atoms with Gasteiger partial charge in [-0.05, 0) is 43.7 Å². The molecule has 0 spiro atoms. The van der Waals surface area contributed by atoms with Crippen LogP contribution in [0.3, 0.4) is 0 Å². The number of hydrogen-bond acceptors (Lipinski definition) is 4.